The van der Waals surface area contributed by atoms with Crippen LogP contribution in [-0.4, -0.2) is 11.7 Å². The molecule has 1 unspecified atom stereocenters. The van der Waals surface area contributed by atoms with Gasteiger partial charge < -0.3 is 5.11 Å². The number of hydrogen-bond acceptors (Lipinski definition) is 2. The van der Waals surface area contributed by atoms with E-state index in [4.69, 9.17) is 0 Å². The van der Waals surface area contributed by atoms with Gasteiger partial charge >= 0.3 is 0 Å². The van der Waals surface area contributed by atoms with E-state index in [1.807, 2.05) is 6.07 Å². The van der Waals surface area contributed by atoms with Crippen LogP contribution in [0.15, 0.2) is 18.2 Å². The Morgan fingerprint density at radius 1 is 1.54 bits per heavy atom. The van der Waals surface area contributed by atoms with Crippen molar-refractivity contribution in [3.63, 3.8) is 0 Å². The van der Waals surface area contributed by atoms with Crippen molar-refractivity contribution < 1.29 is 9.50 Å². The van der Waals surface area contributed by atoms with E-state index in [-0.39, 0.29) is 0 Å². The molecule has 13 heavy (non-hydrogen) atoms. The number of benzene rings is 1. The highest BCUT2D eigenvalue weighted by Gasteiger charge is 2.18. The summed E-state index contributed by atoms with van der Waals surface area (Å²) in [6.07, 6.45) is 0.169. The molecule has 1 heterocycles. The van der Waals surface area contributed by atoms with Gasteiger partial charge in [-0.2, -0.15) is 0 Å². The van der Waals surface area contributed by atoms with E-state index in [1.165, 1.54) is 0 Å². The molecule has 2 N–H and O–H groups in total. The van der Waals surface area contributed by atoms with Crippen LogP contribution in [0.5, 0.6) is 0 Å². The maximum Gasteiger partial charge on any atom is 0.131 e. The van der Waals surface area contributed by atoms with E-state index in [9.17, 15) is 9.50 Å². The van der Waals surface area contributed by atoms with Crippen molar-refractivity contribution in [1.82, 2.24) is 5.32 Å². The van der Waals surface area contributed by atoms with Gasteiger partial charge in [-0.05, 0) is 23.1 Å². The highest BCUT2D eigenvalue weighted by molar-refractivity contribution is 5.37. The van der Waals surface area contributed by atoms with E-state index < -0.39 is 12.9 Å². The molecule has 0 amide bonds. The molecule has 0 aromatic heterocycles. The van der Waals surface area contributed by atoms with Crippen LogP contribution in [0.1, 0.15) is 22.9 Å². The largest absolute Gasteiger partial charge is 0.374 e. The van der Waals surface area contributed by atoms with Gasteiger partial charge in [0.05, 0.1) is 0 Å². The lowest BCUT2D eigenvalue weighted by Crippen LogP contribution is -2.30. The van der Waals surface area contributed by atoms with E-state index in [0.29, 0.717) is 12.1 Å². The van der Waals surface area contributed by atoms with Gasteiger partial charge in [0.25, 0.3) is 0 Å². The van der Waals surface area contributed by atoms with E-state index >= 15 is 0 Å². The van der Waals surface area contributed by atoms with Crippen molar-refractivity contribution in [3.05, 3.63) is 34.9 Å². The molecule has 0 fully saturated rings. The monoisotopic (exact) mass is 181 g/mol. The van der Waals surface area contributed by atoms with Crippen molar-refractivity contribution in [2.75, 3.05) is 6.54 Å². The van der Waals surface area contributed by atoms with Gasteiger partial charge in [-0.1, -0.05) is 18.2 Å². The molecular weight excluding hydrogens is 169 g/mol. The van der Waals surface area contributed by atoms with Crippen LogP contribution in [0.3, 0.4) is 0 Å². The van der Waals surface area contributed by atoms with Gasteiger partial charge in [0.2, 0.25) is 0 Å². The number of aliphatic hydroxyl groups is 1. The summed E-state index contributed by atoms with van der Waals surface area (Å²) in [6.45, 7) is 0.265. The number of rotatable bonds is 1. The van der Waals surface area contributed by atoms with Crippen LogP contribution in [0, 0.1) is 0 Å². The van der Waals surface area contributed by atoms with Crippen molar-refractivity contribution in [1.29, 1.82) is 0 Å². The summed E-state index contributed by atoms with van der Waals surface area (Å²) in [6, 6.07) is 5.40. The summed E-state index contributed by atoms with van der Waals surface area (Å²) in [7, 11) is 0. The molecule has 0 saturated heterocycles. The van der Waals surface area contributed by atoms with Gasteiger partial charge in [0.1, 0.15) is 12.9 Å². The molecule has 1 aliphatic rings. The normalized spacial score (nSPS) is 21.2. The predicted molar refractivity (Wildman–Crippen MR) is 47.9 cm³/mol. The van der Waals surface area contributed by atoms with Crippen LogP contribution in [-0.2, 0) is 13.1 Å². The molecule has 70 valence electrons. The number of aliphatic hydroxyl groups excluding tert-OH is 1. The van der Waals surface area contributed by atoms with Crippen LogP contribution in [0.25, 0.3) is 0 Å². The van der Waals surface area contributed by atoms with Crippen LogP contribution >= 0.6 is 0 Å². The minimum atomic E-state index is -0.629. The fourth-order valence-electron chi connectivity index (χ4n) is 1.78. The number of halogens is 1. The second-order valence-electron chi connectivity index (χ2n) is 3.23. The molecule has 1 aromatic carbocycles. The SMILES string of the molecule is OC1NCCc2c(CF)cccc21. The van der Waals surface area contributed by atoms with E-state index in [2.05, 4.69) is 5.32 Å². The van der Waals surface area contributed by atoms with Crippen molar-refractivity contribution in [3.8, 4) is 0 Å². The standard InChI is InChI=1S/C10H12FNO/c11-6-7-2-1-3-9-8(7)4-5-12-10(9)13/h1-3,10,12-13H,4-6H2. The Kier molecular flexibility index (Phi) is 2.29. The molecule has 1 aliphatic heterocycles. The number of nitrogens with one attached hydrogen (secondary N) is 1. The topological polar surface area (TPSA) is 32.3 Å². The second kappa shape index (κ2) is 3.44. The average Bonchev–Trinajstić information content (AvgIpc) is 2.18. The first-order chi connectivity index (χ1) is 6.33. The smallest absolute Gasteiger partial charge is 0.131 e. The summed E-state index contributed by atoms with van der Waals surface area (Å²) >= 11 is 0. The lowest BCUT2D eigenvalue weighted by molar-refractivity contribution is 0.131. The van der Waals surface area contributed by atoms with Gasteiger partial charge in [-0.15, -0.1) is 0 Å². The summed E-state index contributed by atoms with van der Waals surface area (Å²) in [4.78, 5) is 0. The lowest BCUT2D eigenvalue weighted by atomic mass is 9.95. The fraction of sp³-hybridized carbons (Fsp3) is 0.400. The molecule has 0 bridgehead atoms. The highest BCUT2D eigenvalue weighted by Crippen LogP contribution is 2.24. The lowest BCUT2D eigenvalue weighted by Gasteiger charge is -2.24. The minimum absolute atomic E-state index is 0.449. The summed E-state index contributed by atoms with van der Waals surface area (Å²) in [5.41, 5.74) is 2.50. The van der Waals surface area contributed by atoms with Crippen molar-refractivity contribution in [2.24, 2.45) is 0 Å². The Labute approximate surface area is 76.4 Å². The third-order valence-corrected chi connectivity index (χ3v) is 2.46. The van der Waals surface area contributed by atoms with Gasteiger partial charge in [-0.3, -0.25) is 5.32 Å². The maximum absolute atomic E-state index is 12.5. The molecule has 0 spiro atoms. The third-order valence-electron chi connectivity index (χ3n) is 2.46. The molecule has 1 aromatic rings. The Morgan fingerprint density at radius 2 is 2.38 bits per heavy atom. The molecule has 0 radical (unpaired) electrons. The Morgan fingerprint density at radius 3 is 3.15 bits per heavy atom. The van der Waals surface area contributed by atoms with Gasteiger partial charge in [-0.25, -0.2) is 4.39 Å². The third kappa shape index (κ3) is 1.45. The number of hydrogen-bond donors (Lipinski definition) is 2. The fourth-order valence-corrected chi connectivity index (χ4v) is 1.78. The summed E-state index contributed by atoms with van der Waals surface area (Å²) < 4.78 is 12.5. The maximum atomic E-state index is 12.5. The highest BCUT2D eigenvalue weighted by atomic mass is 19.1. The Hall–Kier alpha value is -0.930. The summed E-state index contributed by atoms with van der Waals surface area (Å²) in [5.74, 6) is 0. The first-order valence-corrected chi connectivity index (χ1v) is 4.41. The number of fused-ring (bicyclic) bond motifs is 1. The zero-order chi connectivity index (χ0) is 9.26. The van der Waals surface area contributed by atoms with Crippen molar-refractivity contribution in [2.45, 2.75) is 19.3 Å². The first kappa shape index (κ1) is 8.66. The van der Waals surface area contributed by atoms with E-state index in [0.717, 1.165) is 17.5 Å². The van der Waals surface area contributed by atoms with Gasteiger partial charge in [0.15, 0.2) is 0 Å². The second-order valence-corrected chi connectivity index (χ2v) is 3.23. The quantitative estimate of drug-likeness (QED) is 0.684. The van der Waals surface area contributed by atoms with Crippen LogP contribution in [0.4, 0.5) is 4.39 Å². The molecular formula is C10H12FNO. The zero-order valence-electron chi connectivity index (χ0n) is 7.26. The molecule has 2 rings (SSSR count). The molecule has 0 saturated carbocycles. The molecule has 2 nitrogen and oxygen atoms in total. The average molecular weight is 181 g/mol. The molecule has 1 atom stereocenters. The minimum Gasteiger partial charge on any atom is -0.374 e. The van der Waals surface area contributed by atoms with Crippen LogP contribution in [0.2, 0.25) is 0 Å². The molecule has 0 aliphatic carbocycles. The molecule has 3 heteroatoms. The number of alkyl halides is 1. The predicted octanol–water partition coefficient (Wildman–Crippen LogP) is 1.29. The van der Waals surface area contributed by atoms with Crippen LogP contribution < -0.4 is 5.32 Å². The van der Waals surface area contributed by atoms with Gasteiger partial charge in [0, 0.05) is 6.54 Å². The first-order valence-electron chi connectivity index (χ1n) is 4.41. The Bertz CT molecular complexity index is 314. The zero-order valence-corrected chi connectivity index (χ0v) is 7.26. The van der Waals surface area contributed by atoms with Crippen molar-refractivity contribution >= 4 is 0 Å². The Balaban J connectivity index is 2.48. The summed E-state index contributed by atoms with van der Waals surface area (Å²) in [5, 5.41) is 12.5. The van der Waals surface area contributed by atoms with E-state index in [1.54, 1.807) is 12.1 Å².